The van der Waals surface area contributed by atoms with Crippen molar-refractivity contribution in [3.05, 3.63) is 71.8 Å². The summed E-state index contributed by atoms with van der Waals surface area (Å²) < 4.78 is 14.1. The van der Waals surface area contributed by atoms with Crippen LogP contribution >= 0.6 is 0 Å². The highest BCUT2D eigenvalue weighted by Gasteiger charge is 2.45. The third-order valence-electron chi connectivity index (χ3n) is 4.68. The smallest absolute Gasteiger partial charge is 0.335 e. The van der Waals surface area contributed by atoms with Crippen LogP contribution in [0.3, 0.4) is 0 Å². The molecule has 2 N–H and O–H groups in total. The van der Waals surface area contributed by atoms with Gasteiger partial charge < -0.3 is 10.4 Å². The molecule has 1 aliphatic rings. The lowest BCUT2D eigenvalue weighted by Gasteiger charge is -2.07. The first-order valence-electron chi connectivity index (χ1n) is 8.20. The van der Waals surface area contributed by atoms with Crippen LogP contribution in [-0.2, 0) is 4.79 Å². The first kappa shape index (κ1) is 16.2. The fourth-order valence-corrected chi connectivity index (χ4v) is 3.19. The Balaban J connectivity index is 1.47. The fourth-order valence-electron chi connectivity index (χ4n) is 3.19. The van der Waals surface area contributed by atoms with Gasteiger partial charge in [-0.3, -0.25) is 9.78 Å². The van der Waals surface area contributed by atoms with Crippen molar-refractivity contribution >= 4 is 28.3 Å². The van der Waals surface area contributed by atoms with Gasteiger partial charge in [0, 0.05) is 29.4 Å². The highest BCUT2D eigenvalue weighted by molar-refractivity contribution is 5.97. The molecular formula is C20H15FN2O3. The summed E-state index contributed by atoms with van der Waals surface area (Å²) in [5, 5.41) is 13.7. The topological polar surface area (TPSA) is 79.3 Å². The molecule has 0 aliphatic heterocycles. The maximum absolute atomic E-state index is 14.1. The number of nitrogens with one attached hydrogen (secondary N) is 1. The first-order valence-corrected chi connectivity index (χ1v) is 8.20. The van der Waals surface area contributed by atoms with Gasteiger partial charge >= 0.3 is 5.97 Å². The largest absolute Gasteiger partial charge is 0.478 e. The van der Waals surface area contributed by atoms with Crippen LogP contribution in [0.5, 0.6) is 0 Å². The van der Waals surface area contributed by atoms with E-state index in [9.17, 15) is 14.0 Å². The minimum absolute atomic E-state index is 0.0986. The highest BCUT2D eigenvalue weighted by Crippen LogP contribution is 2.49. The fraction of sp³-hybridized carbons (Fsp3) is 0.150. The molecule has 5 nitrogen and oxygen atoms in total. The van der Waals surface area contributed by atoms with Crippen molar-refractivity contribution in [3.8, 4) is 0 Å². The predicted molar refractivity (Wildman–Crippen MR) is 94.6 cm³/mol. The SMILES string of the molecule is O=C(O)c1ccc(C2CC2C(=O)Nc2ccc3cnccc3c2)c(F)c1. The maximum Gasteiger partial charge on any atom is 0.335 e. The van der Waals surface area contributed by atoms with E-state index in [1.807, 2.05) is 24.3 Å². The van der Waals surface area contributed by atoms with Crippen LogP contribution in [0.15, 0.2) is 54.9 Å². The van der Waals surface area contributed by atoms with Crippen LogP contribution in [0.1, 0.15) is 28.3 Å². The highest BCUT2D eigenvalue weighted by atomic mass is 19.1. The van der Waals surface area contributed by atoms with Gasteiger partial charge in [-0.1, -0.05) is 12.1 Å². The normalized spacial score (nSPS) is 18.5. The van der Waals surface area contributed by atoms with E-state index in [0.717, 1.165) is 16.8 Å². The van der Waals surface area contributed by atoms with E-state index in [0.29, 0.717) is 17.7 Å². The number of hydrogen-bond donors (Lipinski definition) is 2. The summed E-state index contributed by atoms with van der Waals surface area (Å²) in [6.45, 7) is 0. The molecule has 1 amide bonds. The number of rotatable bonds is 4. The van der Waals surface area contributed by atoms with E-state index in [-0.39, 0.29) is 23.3 Å². The minimum atomic E-state index is -1.17. The van der Waals surface area contributed by atoms with Gasteiger partial charge in [-0.2, -0.15) is 0 Å². The van der Waals surface area contributed by atoms with Gasteiger partial charge in [-0.05, 0) is 53.6 Å². The van der Waals surface area contributed by atoms with Crippen LogP contribution in [0.25, 0.3) is 10.8 Å². The number of carboxylic acid groups (broad SMARTS) is 1. The lowest BCUT2D eigenvalue weighted by molar-refractivity contribution is -0.117. The molecule has 0 radical (unpaired) electrons. The molecule has 3 aromatic rings. The number of amides is 1. The van der Waals surface area contributed by atoms with E-state index in [4.69, 9.17) is 5.11 Å². The van der Waals surface area contributed by atoms with E-state index < -0.39 is 11.8 Å². The predicted octanol–water partition coefficient (Wildman–Crippen LogP) is 3.81. The van der Waals surface area contributed by atoms with Gasteiger partial charge in [0.05, 0.1) is 5.56 Å². The molecule has 2 aromatic carbocycles. The Labute approximate surface area is 148 Å². The average Bonchev–Trinajstić information content (AvgIpc) is 3.42. The molecule has 1 heterocycles. The summed E-state index contributed by atoms with van der Waals surface area (Å²) in [6.07, 6.45) is 3.99. The monoisotopic (exact) mass is 350 g/mol. The Morgan fingerprint density at radius 3 is 2.73 bits per heavy atom. The van der Waals surface area contributed by atoms with Crippen LogP contribution in [0.4, 0.5) is 10.1 Å². The number of carboxylic acids is 1. The van der Waals surface area contributed by atoms with Crippen LogP contribution in [-0.4, -0.2) is 22.0 Å². The first-order chi connectivity index (χ1) is 12.5. The van der Waals surface area contributed by atoms with Gasteiger partial charge in [-0.15, -0.1) is 0 Å². The van der Waals surface area contributed by atoms with E-state index in [1.165, 1.54) is 12.1 Å². The zero-order valence-electron chi connectivity index (χ0n) is 13.6. The van der Waals surface area contributed by atoms with Crippen molar-refractivity contribution < 1.29 is 19.1 Å². The molecule has 130 valence electrons. The van der Waals surface area contributed by atoms with Crippen molar-refractivity contribution in [2.24, 2.45) is 5.92 Å². The molecule has 1 aliphatic carbocycles. The maximum atomic E-state index is 14.1. The lowest BCUT2D eigenvalue weighted by atomic mass is 10.1. The molecule has 0 bridgehead atoms. The molecule has 2 atom stereocenters. The molecule has 1 saturated carbocycles. The van der Waals surface area contributed by atoms with Gasteiger partial charge in [-0.25, -0.2) is 9.18 Å². The molecule has 1 aromatic heterocycles. The number of anilines is 1. The number of hydrogen-bond acceptors (Lipinski definition) is 3. The summed E-state index contributed by atoms with van der Waals surface area (Å²) >= 11 is 0. The zero-order valence-corrected chi connectivity index (χ0v) is 13.6. The summed E-state index contributed by atoms with van der Waals surface area (Å²) in [7, 11) is 0. The zero-order chi connectivity index (χ0) is 18.3. The standard InChI is InChI=1S/C20H15FN2O3/c21-18-8-12(20(25)26)2-4-15(18)16-9-17(16)19(24)23-14-3-1-13-10-22-6-5-11(13)7-14/h1-8,10,16-17H,9H2,(H,23,24)(H,25,26). The second-order valence-electron chi connectivity index (χ2n) is 6.42. The van der Waals surface area contributed by atoms with E-state index >= 15 is 0 Å². The number of halogens is 1. The van der Waals surface area contributed by atoms with Crippen molar-refractivity contribution in [3.63, 3.8) is 0 Å². The molecule has 0 spiro atoms. The third-order valence-corrected chi connectivity index (χ3v) is 4.68. The quantitative estimate of drug-likeness (QED) is 0.750. The second-order valence-corrected chi connectivity index (χ2v) is 6.42. The van der Waals surface area contributed by atoms with Crippen molar-refractivity contribution in [1.29, 1.82) is 0 Å². The van der Waals surface area contributed by atoms with Crippen LogP contribution in [0, 0.1) is 11.7 Å². The Morgan fingerprint density at radius 2 is 1.96 bits per heavy atom. The van der Waals surface area contributed by atoms with Crippen LogP contribution < -0.4 is 5.32 Å². The number of aromatic nitrogens is 1. The van der Waals surface area contributed by atoms with Gasteiger partial charge in [0.15, 0.2) is 0 Å². The Morgan fingerprint density at radius 1 is 1.12 bits per heavy atom. The number of pyridine rings is 1. The number of benzene rings is 2. The summed E-state index contributed by atoms with van der Waals surface area (Å²) in [5.41, 5.74) is 0.972. The number of carbonyl (C=O) groups excluding carboxylic acids is 1. The Bertz CT molecular complexity index is 1030. The Kier molecular flexibility index (Phi) is 3.88. The average molecular weight is 350 g/mol. The van der Waals surface area contributed by atoms with Crippen molar-refractivity contribution in [1.82, 2.24) is 4.98 Å². The number of aromatic carboxylic acids is 1. The number of nitrogens with zero attached hydrogens (tertiary/aromatic N) is 1. The lowest BCUT2D eigenvalue weighted by Crippen LogP contribution is -2.14. The molecule has 1 fully saturated rings. The summed E-state index contributed by atoms with van der Waals surface area (Å²) in [6, 6.07) is 11.3. The molecule has 4 rings (SSSR count). The minimum Gasteiger partial charge on any atom is -0.478 e. The van der Waals surface area contributed by atoms with Gasteiger partial charge in [0.25, 0.3) is 0 Å². The molecule has 0 saturated heterocycles. The van der Waals surface area contributed by atoms with E-state index in [1.54, 1.807) is 12.4 Å². The molecule has 6 heteroatoms. The van der Waals surface area contributed by atoms with Gasteiger partial charge in [0.1, 0.15) is 5.82 Å². The number of carbonyl (C=O) groups is 2. The second kappa shape index (κ2) is 6.22. The molecular weight excluding hydrogens is 335 g/mol. The number of fused-ring (bicyclic) bond motifs is 1. The summed E-state index contributed by atoms with van der Waals surface area (Å²) in [5.74, 6) is -2.45. The molecule has 2 unspecified atom stereocenters. The van der Waals surface area contributed by atoms with Crippen LogP contribution in [0.2, 0.25) is 0 Å². The molecule has 26 heavy (non-hydrogen) atoms. The van der Waals surface area contributed by atoms with E-state index in [2.05, 4.69) is 10.3 Å². The van der Waals surface area contributed by atoms with Crippen molar-refractivity contribution in [2.75, 3.05) is 5.32 Å². The van der Waals surface area contributed by atoms with Gasteiger partial charge in [0.2, 0.25) is 5.91 Å². The Hall–Kier alpha value is -3.28. The third kappa shape index (κ3) is 3.01. The summed E-state index contributed by atoms with van der Waals surface area (Å²) in [4.78, 5) is 27.4. The van der Waals surface area contributed by atoms with Crippen molar-refractivity contribution in [2.45, 2.75) is 12.3 Å².